The van der Waals surface area contributed by atoms with Crippen LogP contribution in [0.25, 0.3) is 0 Å². The van der Waals surface area contributed by atoms with Crippen molar-refractivity contribution in [1.82, 2.24) is 15.6 Å². The second kappa shape index (κ2) is 9.27. The molecule has 0 aliphatic carbocycles. The number of rotatable bonds is 7. The fraction of sp³-hybridized carbons (Fsp3) is 0.444. The van der Waals surface area contributed by atoms with Crippen LogP contribution in [0.2, 0.25) is 0 Å². The molecule has 1 aromatic carbocycles. The Balaban J connectivity index is 2.10. The van der Waals surface area contributed by atoms with Crippen LogP contribution in [-0.4, -0.2) is 31.7 Å². The Morgan fingerprint density at radius 3 is 2.60 bits per heavy atom. The molecule has 25 heavy (non-hydrogen) atoms. The summed E-state index contributed by atoms with van der Waals surface area (Å²) in [5.74, 6) is 2.19. The SMILES string of the molecule is CCNC(=NCc1cccc(OC)c1OC)NCc1sc(C)nc1C. The number of ether oxygens (including phenoxy) is 2. The first-order chi connectivity index (χ1) is 12.1. The van der Waals surface area contributed by atoms with Crippen molar-refractivity contribution in [1.29, 1.82) is 0 Å². The van der Waals surface area contributed by atoms with Crippen LogP contribution in [0, 0.1) is 13.8 Å². The molecule has 0 unspecified atom stereocenters. The molecule has 0 aliphatic rings. The summed E-state index contributed by atoms with van der Waals surface area (Å²) in [6.07, 6.45) is 0. The molecule has 0 radical (unpaired) electrons. The van der Waals surface area contributed by atoms with E-state index in [1.807, 2.05) is 39.0 Å². The molecule has 0 atom stereocenters. The molecule has 0 amide bonds. The fourth-order valence-corrected chi connectivity index (χ4v) is 3.36. The third-order valence-corrected chi connectivity index (χ3v) is 4.73. The molecule has 0 bridgehead atoms. The molecule has 1 heterocycles. The molecule has 136 valence electrons. The Hall–Kier alpha value is -2.28. The maximum atomic E-state index is 5.47. The normalized spacial score (nSPS) is 11.3. The lowest BCUT2D eigenvalue weighted by atomic mass is 10.2. The predicted molar refractivity (Wildman–Crippen MR) is 103 cm³/mol. The highest BCUT2D eigenvalue weighted by atomic mass is 32.1. The van der Waals surface area contributed by atoms with Crippen LogP contribution in [0.1, 0.15) is 28.1 Å². The van der Waals surface area contributed by atoms with E-state index in [1.165, 1.54) is 4.88 Å². The van der Waals surface area contributed by atoms with E-state index < -0.39 is 0 Å². The van der Waals surface area contributed by atoms with Crippen molar-refractivity contribution in [3.05, 3.63) is 39.3 Å². The highest BCUT2D eigenvalue weighted by Gasteiger charge is 2.10. The van der Waals surface area contributed by atoms with Gasteiger partial charge in [0.15, 0.2) is 17.5 Å². The van der Waals surface area contributed by atoms with Crippen molar-refractivity contribution < 1.29 is 9.47 Å². The number of thiazole rings is 1. The summed E-state index contributed by atoms with van der Waals surface area (Å²) in [4.78, 5) is 10.3. The third-order valence-electron chi connectivity index (χ3n) is 3.65. The Kier molecular flexibility index (Phi) is 7.06. The fourth-order valence-electron chi connectivity index (χ4n) is 2.49. The molecule has 2 rings (SSSR count). The second-order valence-electron chi connectivity index (χ2n) is 5.44. The summed E-state index contributed by atoms with van der Waals surface area (Å²) < 4.78 is 10.8. The summed E-state index contributed by atoms with van der Waals surface area (Å²) in [5.41, 5.74) is 2.05. The maximum absolute atomic E-state index is 5.47. The molecule has 2 aromatic rings. The van der Waals surface area contributed by atoms with Gasteiger partial charge in [0.25, 0.3) is 0 Å². The van der Waals surface area contributed by atoms with E-state index in [0.29, 0.717) is 18.8 Å². The number of methoxy groups -OCH3 is 2. The third kappa shape index (κ3) is 5.09. The van der Waals surface area contributed by atoms with Crippen LogP contribution in [-0.2, 0) is 13.1 Å². The number of benzene rings is 1. The van der Waals surface area contributed by atoms with E-state index >= 15 is 0 Å². The molecule has 7 heteroatoms. The number of nitrogens with zero attached hydrogens (tertiary/aromatic N) is 2. The van der Waals surface area contributed by atoms with E-state index in [1.54, 1.807) is 25.6 Å². The van der Waals surface area contributed by atoms with Gasteiger partial charge in [0.05, 0.1) is 38.0 Å². The molecule has 0 saturated heterocycles. The minimum absolute atomic E-state index is 0.496. The molecular formula is C18H26N4O2S. The number of hydrogen-bond acceptors (Lipinski definition) is 5. The first-order valence-electron chi connectivity index (χ1n) is 8.24. The van der Waals surface area contributed by atoms with Crippen molar-refractivity contribution in [3.8, 4) is 11.5 Å². The standard InChI is InChI=1S/C18H26N4O2S/c1-6-19-18(21-11-16-12(2)22-13(3)25-16)20-10-14-8-7-9-15(23-4)17(14)24-5/h7-9H,6,10-11H2,1-5H3,(H2,19,20,21). The second-order valence-corrected chi connectivity index (χ2v) is 6.73. The van der Waals surface area contributed by atoms with E-state index in [9.17, 15) is 0 Å². The zero-order valence-electron chi connectivity index (χ0n) is 15.5. The zero-order chi connectivity index (χ0) is 18.2. The number of hydrogen-bond donors (Lipinski definition) is 2. The topological polar surface area (TPSA) is 67.8 Å². The summed E-state index contributed by atoms with van der Waals surface area (Å²) in [7, 11) is 3.28. The smallest absolute Gasteiger partial charge is 0.191 e. The van der Waals surface area contributed by atoms with E-state index in [-0.39, 0.29) is 0 Å². The first kappa shape index (κ1) is 19.1. The zero-order valence-corrected chi connectivity index (χ0v) is 16.3. The minimum atomic E-state index is 0.496. The molecule has 0 aliphatic heterocycles. The minimum Gasteiger partial charge on any atom is -0.493 e. The number of guanidine groups is 1. The van der Waals surface area contributed by atoms with Gasteiger partial charge in [-0.1, -0.05) is 12.1 Å². The summed E-state index contributed by atoms with van der Waals surface area (Å²) in [6, 6.07) is 5.81. The first-order valence-corrected chi connectivity index (χ1v) is 9.05. The lowest BCUT2D eigenvalue weighted by Gasteiger charge is -2.13. The Morgan fingerprint density at radius 1 is 1.20 bits per heavy atom. The van der Waals surface area contributed by atoms with Crippen LogP contribution in [0.4, 0.5) is 0 Å². The van der Waals surface area contributed by atoms with Crippen molar-refractivity contribution in [2.75, 3.05) is 20.8 Å². The maximum Gasteiger partial charge on any atom is 0.191 e. The van der Waals surface area contributed by atoms with Gasteiger partial charge < -0.3 is 20.1 Å². The van der Waals surface area contributed by atoms with Crippen molar-refractivity contribution in [2.45, 2.75) is 33.9 Å². The van der Waals surface area contributed by atoms with Gasteiger partial charge in [-0.15, -0.1) is 11.3 Å². The Labute approximate surface area is 153 Å². The van der Waals surface area contributed by atoms with Gasteiger partial charge in [-0.25, -0.2) is 9.98 Å². The van der Waals surface area contributed by atoms with Crippen LogP contribution >= 0.6 is 11.3 Å². The Morgan fingerprint density at radius 2 is 2.00 bits per heavy atom. The monoisotopic (exact) mass is 362 g/mol. The summed E-state index contributed by atoms with van der Waals surface area (Å²) in [5, 5.41) is 7.71. The number of aliphatic imine (C=N–C) groups is 1. The van der Waals surface area contributed by atoms with Crippen LogP contribution in [0.15, 0.2) is 23.2 Å². The summed E-state index contributed by atoms with van der Waals surface area (Å²) in [6.45, 7) is 8.10. The lowest BCUT2D eigenvalue weighted by Crippen LogP contribution is -2.36. The quantitative estimate of drug-likeness (QED) is 0.585. The van der Waals surface area contributed by atoms with Gasteiger partial charge in [0.1, 0.15) is 0 Å². The number of aryl methyl sites for hydroxylation is 2. The van der Waals surface area contributed by atoms with Gasteiger partial charge in [-0.05, 0) is 26.8 Å². The largest absolute Gasteiger partial charge is 0.493 e. The highest BCUT2D eigenvalue weighted by molar-refractivity contribution is 7.11. The summed E-state index contributed by atoms with van der Waals surface area (Å²) >= 11 is 1.71. The molecule has 0 saturated carbocycles. The van der Waals surface area contributed by atoms with Gasteiger partial charge >= 0.3 is 0 Å². The molecule has 2 N–H and O–H groups in total. The molecule has 6 nitrogen and oxygen atoms in total. The van der Waals surface area contributed by atoms with E-state index in [2.05, 4.69) is 20.6 Å². The molecular weight excluding hydrogens is 336 g/mol. The molecule has 1 aromatic heterocycles. The molecule has 0 fully saturated rings. The van der Waals surface area contributed by atoms with Gasteiger partial charge in [-0.2, -0.15) is 0 Å². The van der Waals surface area contributed by atoms with Crippen molar-refractivity contribution >= 4 is 17.3 Å². The van der Waals surface area contributed by atoms with Gasteiger partial charge in [0.2, 0.25) is 0 Å². The highest BCUT2D eigenvalue weighted by Crippen LogP contribution is 2.31. The lowest BCUT2D eigenvalue weighted by molar-refractivity contribution is 0.352. The van der Waals surface area contributed by atoms with Crippen molar-refractivity contribution in [3.63, 3.8) is 0 Å². The van der Waals surface area contributed by atoms with Crippen molar-refractivity contribution in [2.24, 2.45) is 4.99 Å². The van der Waals surface area contributed by atoms with Gasteiger partial charge in [0, 0.05) is 17.0 Å². The van der Waals surface area contributed by atoms with Crippen LogP contribution < -0.4 is 20.1 Å². The number of para-hydroxylation sites is 1. The van der Waals surface area contributed by atoms with E-state index in [0.717, 1.165) is 34.5 Å². The van der Waals surface area contributed by atoms with Crippen LogP contribution in [0.5, 0.6) is 11.5 Å². The Bertz CT molecular complexity index is 728. The number of nitrogens with one attached hydrogen (secondary N) is 2. The average Bonchev–Trinajstić information content (AvgIpc) is 2.94. The number of aromatic nitrogens is 1. The average molecular weight is 362 g/mol. The van der Waals surface area contributed by atoms with Crippen LogP contribution in [0.3, 0.4) is 0 Å². The predicted octanol–water partition coefficient (Wildman–Crippen LogP) is 3.03. The van der Waals surface area contributed by atoms with Gasteiger partial charge in [-0.3, -0.25) is 0 Å². The molecule has 0 spiro atoms. The van der Waals surface area contributed by atoms with E-state index in [4.69, 9.17) is 9.47 Å².